The first-order valence-corrected chi connectivity index (χ1v) is 5.40. The summed E-state index contributed by atoms with van der Waals surface area (Å²) in [5, 5.41) is 0. The average Bonchev–Trinajstić information content (AvgIpc) is 2.32. The van der Waals surface area contributed by atoms with Gasteiger partial charge in [0.1, 0.15) is 22.3 Å². The Hall–Kier alpha value is -1.94. The zero-order valence-electron chi connectivity index (χ0n) is 8.89. The minimum absolute atomic E-state index is 0.266. The van der Waals surface area contributed by atoms with E-state index in [0.29, 0.717) is 17.1 Å². The van der Waals surface area contributed by atoms with E-state index in [1.165, 1.54) is 12.1 Å². The Morgan fingerprint density at radius 2 is 1.71 bits per heavy atom. The summed E-state index contributed by atoms with van der Waals surface area (Å²) in [5.41, 5.74) is 6.24. The standard InChI is InChI=1S/C13H10FNOS/c14-9-5-7-10(8-6-9)16-12-4-2-1-3-11(12)13(15)17/h1-8H,(H2,15,17). The molecule has 0 atom stereocenters. The first-order chi connectivity index (χ1) is 8.16. The van der Waals surface area contributed by atoms with Crippen molar-refractivity contribution < 1.29 is 9.13 Å². The molecule has 86 valence electrons. The molecule has 2 N–H and O–H groups in total. The predicted molar refractivity (Wildman–Crippen MR) is 68.8 cm³/mol. The van der Waals surface area contributed by atoms with Crippen LogP contribution in [-0.4, -0.2) is 4.99 Å². The number of thiocarbonyl (C=S) groups is 1. The van der Waals surface area contributed by atoms with Crippen molar-refractivity contribution in [2.75, 3.05) is 0 Å². The van der Waals surface area contributed by atoms with E-state index in [4.69, 9.17) is 22.7 Å². The summed E-state index contributed by atoms with van der Waals surface area (Å²) >= 11 is 4.92. The number of halogens is 1. The predicted octanol–water partition coefficient (Wildman–Crippen LogP) is 3.25. The van der Waals surface area contributed by atoms with Gasteiger partial charge in [-0.3, -0.25) is 0 Å². The number of para-hydroxylation sites is 1. The first kappa shape index (κ1) is 11.5. The van der Waals surface area contributed by atoms with Crippen LogP contribution in [0.5, 0.6) is 11.5 Å². The van der Waals surface area contributed by atoms with Crippen LogP contribution < -0.4 is 10.5 Å². The number of nitrogens with two attached hydrogens (primary N) is 1. The minimum atomic E-state index is -0.306. The van der Waals surface area contributed by atoms with Gasteiger partial charge in [0.15, 0.2) is 0 Å². The molecule has 0 aliphatic rings. The van der Waals surface area contributed by atoms with E-state index < -0.39 is 0 Å². The molecule has 0 heterocycles. The molecule has 0 bridgehead atoms. The molecule has 17 heavy (non-hydrogen) atoms. The van der Waals surface area contributed by atoms with Crippen molar-refractivity contribution in [3.05, 3.63) is 59.9 Å². The maximum absolute atomic E-state index is 12.7. The fourth-order valence-electron chi connectivity index (χ4n) is 1.39. The van der Waals surface area contributed by atoms with Gasteiger partial charge in [0.05, 0.1) is 5.56 Å². The van der Waals surface area contributed by atoms with E-state index in [1.54, 1.807) is 24.3 Å². The molecule has 0 aromatic heterocycles. The summed E-state index contributed by atoms with van der Waals surface area (Å²) in [6.07, 6.45) is 0. The third-order valence-corrected chi connectivity index (χ3v) is 2.41. The zero-order valence-corrected chi connectivity index (χ0v) is 9.71. The molecule has 0 spiro atoms. The molecule has 2 nitrogen and oxygen atoms in total. The summed E-state index contributed by atoms with van der Waals surface area (Å²) in [5.74, 6) is 0.793. The first-order valence-electron chi connectivity index (χ1n) is 4.99. The molecule has 0 saturated carbocycles. The van der Waals surface area contributed by atoms with E-state index >= 15 is 0 Å². The highest BCUT2D eigenvalue weighted by Gasteiger charge is 2.06. The van der Waals surface area contributed by atoms with Crippen LogP contribution in [0, 0.1) is 5.82 Å². The highest BCUT2D eigenvalue weighted by atomic mass is 32.1. The Morgan fingerprint density at radius 1 is 1.06 bits per heavy atom. The summed E-state index contributed by atoms with van der Waals surface area (Å²) in [7, 11) is 0. The van der Waals surface area contributed by atoms with Gasteiger partial charge in [-0.25, -0.2) is 4.39 Å². The summed E-state index contributed by atoms with van der Waals surface area (Å²) in [4.78, 5) is 0.266. The van der Waals surface area contributed by atoms with E-state index in [9.17, 15) is 4.39 Å². The van der Waals surface area contributed by atoms with E-state index in [-0.39, 0.29) is 10.8 Å². The largest absolute Gasteiger partial charge is 0.457 e. The lowest BCUT2D eigenvalue weighted by atomic mass is 10.2. The average molecular weight is 247 g/mol. The fraction of sp³-hybridized carbons (Fsp3) is 0. The SMILES string of the molecule is NC(=S)c1ccccc1Oc1ccc(F)cc1. The van der Waals surface area contributed by atoms with Crippen molar-refractivity contribution in [1.82, 2.24) is 0 Å². The molecule has 0 fully saturated rings. The highest BCUT2D eigenvalue weighted by Crippen LogP contribution is 2.25. The maximum atomic E-state index is 12.7. The maximum Gasteiger partial charge on any atom is 0.137 e. The number of hydrogen-bond donors (Lipinski definition) is 1. The van der Waals surface area contributed by atoms with Crippen LogP contribution in [-0.2, 0) is 0 Å². The minimum Gasteiger partial charge on any atom is -0.457 e. The van der Waals surface area contributed by atoms with Crippen LogP contribution in [0.2, 0.25) is 0 Å². The third-order valence-electron chi connectivity index (χ3n) is 2.19. The Balaban J connectivity index is 2.30. The van der Waals surface area contributed by atoms with Crippen LogP contribution >= 0.6 is 12.2 Å². The Morgan fingerprint density at radius 3 is 2.35 bits per heavy atom. The lowest BCUT2D eigenvalue weighted by Gasteiger charge is -2.09. The summed E-state index contributed by atoms with van der Waals surface area (Å²) in [6, 6.07) is 12.9. The molecular weight excluding hydrogens is 237 g/mol. The summed E-state index contributed by atoms with van der Waals surface area (Å²) < 4.78 is 18.3. The molecule has 0 amide bonds. The molecule has 2 aromatic carbocycles. The molecule has 0 aliphatic heterocycles. The second-order valence-electron chi connectivity index (χ2n) is 3.42. The van der Waals surface area contributed by atoms with Gasteiger partial charge in [0, 0.05) is 0 Å². The lowest BCUT2D eigenvalue weighted by Crippen LogP contribution is -2.10. The smallest absolute Gasteiger partial charge is 0.137 e. The molecule has 2 rings (SSSR count). The van der Waals surface area contributed by atoms with Gasteiger partial charge in [-0.05, 0) is 36.4 Å². The van der Waals surface area contributed by atoms with Crippen molar-refractivity contribution in [1.29, 1.82) is 0 Å². The van der Waals surface area contributed by atoms with E-state index in [1.807, 2.05) is 12.1 Å². The Labute approximate surface area is 104 Å². The van der Waals surface area contributed by atoms with Crippen LogP contribution in [0.25, 0.3) is 0 Å². The van der Waals surface area contributed by atoms with Gasteiger partial charge in [-0.1, -0.05) is 24.4 Å². The second kappa shape index (κ2) is 4.93. The fourth-order valence-corrected chi connectivity index (χ4v) is 1.56. The number of rotatable bonds is 3. The van der Waals surface area contributed by atoms with Gasteiger partial charge in [0.25, 0.3) is 0 Å². The number of hydrogen-bond acceptors (Lipinski definition) is 2. The third kappa shape index (κ3) is 2.79. The van der Waals surface area contributed by atoms with Crippen LogP contribution in [0.4, 0.5) is 4.39 Å². The summed E-state index contributed by atoms with van der Waals surface area (Å²) in [6.45, 7) is 0. The molecule has 0 aliphatic carbocycles. The van der Waals surface area contributed by atoms with Gasteiger partial charge in [-0.2, -0.15) is 0 Å². The normalized spacial score (nSPS) is 9.94. The van der Waals surface area contributed by atoms with Gasteiger partial charge in [0.2, 0.25) is 0 Å². The molecule has 0 radical (unpaired) electrons. The van der Waals surface area contributed by atoms with Crippen molar-refractivity contribution in [2.24, 2.45) is 5.73 Å². The quantitative estimate of drug-likeness (QED) is 0.845. The van der Waals surface area contributed by atoms with Crippen molar-refractivity contribution in [3.63, 3.8) is 0 Å². The Kier molecular flexibility index (Phi) is 3.35. The molecule has 4 heteroatoms. The van der Waals surface area contributed by atoms with Crippen molar-refractivity contribution in [3.8, 4) is 11.5 Å². The highest BCUT2D eigenvalue weighted by molar-refractivity contribution is 7.80. The van der Waals surface area contributed by atoms with Crippen LogP contribution in [0.3, 0.4) is 0 Å². The van der Waals surface area contributed by atoms with E-state index in [2.05, 4.69) is 0 Å². The van der Waals surface area contributed by atoms with Gasteiger partial charge >= 0.3 is 0 Å². The van der Waals surface area contributed by atoms with Crippen LogP contribution in [0.1, 0.15) is 5.56 Å². The number of ether oxygens (including phenoxy) is 1. The van der Waals surface area contributed by atoms with Gasteiger partial charge in [-0.15, -0.1) is 0 Å². The van der Waals surface area contributed by atoms with E-state index in [0.717, 1.165) is 0 Å². The molecule has 0 unspecified atom stereocenters. The van der Waals surface area contributed by atoms with Crippen molar-refractivity contribution >= 4 is 17.2 Å². The van der Waals surface area contributed by atoms with Crippen LogP contribution in [0.15, 0.2) is 48.5 Å². The Bertz CT molecular complexity index is 539. The zero-order chi connectivity index (χ0) is 12.3. The molecule has 0 saturated heterocycles. The van der Waals surface area contributed by atoms with Crippen molar-refractivity contribution in [2.45, 2.75) is 0 Å². The monoisotopic (exact) mass is 247 g/mol. The second-order valence-corrected chi connectivity index (χ2v) is 3.86. The lowest BCUT2D eigenvalue weighted by molar-refractivity contribution is 0.479. The number of benzene rings is 2. The molecular formula is C13H10FNOS. The van der Waals surface area contributed by atoms with Gasteiger partial charge < -0.3 is 10.5 Å². The molecule has 2 aromatic rings. The topological polar surface area (TPSA) is 35.2 Å².